The van der Waals surface area contributed by atoms with E-state index < -0.39 is 34.9 Å². The van der Waals surface area contributed by atoms with E-state index in [9.17, 15) is 24.3 Å². The predicted molar refractivity (Wildman–Crippen MR) is 109 cm³/mol. The van der Waals surface area contributed by atoms with Crippen molar-refractivity contribution >= 4 is 48.7 Å². The molecule has 0 heterocycles. The average Bonchev–Trinajstić information content (AvgIpc) is 2.90. The molecule has 0 spiro atoms. The number of carbonyl (C=O) groups excluding carboxylic acids is 3. The van der Waals surface area contributed by atoms with Crippen LogP contribution in [-0.4, -0.2) is 52.1 Å². The number of thiol groups is 2. The lowest BCUT2D eigenvalue weighted by molar-refractivity contribution is -0.150. The van der Waals surface area contributed by atoms with E-state index in [1.807, 2.05) is 0 Å². The molecule has 2 atom stereocenters. The van der Waals surface area contributed by atoms with Gasteiger partial charge in [-0.1, -0.05) is 6.42 Å². The second kappa shape index (κ2) is 11.7. The van der Waals surface area contributed by atoms with Gasteiger partial charge in [0.1, 0.15) is 6.04 Å². The number of nitrogens with two attached hydrogens (primary N) is 1. The number of amides is 1. The van der Waals surface area contributed by atoms with E-state index in [0.29, 0.717) is 38.0 Å². The van der Waals surface area contributed by atoms with Gasteiger partial charge in [0.15, 0.2) is 17.0 Å². The Bertz CT molecular complexity index is 540. The van der Waals surface area contributed by atoms with Gasteiger partial charge in [-0.3, -0.25) is 14.4 Å². The van der Waals surface area contributed by atoms with Crippen LogP contribution >= 0.6 is 25.3 Å². The van der Waals surface area contributed by atoms with Crippen LogP contribution in [0.3, 0.4) is 0 Å². The molecule has 0 aromatic carbocycles. The lowest BCUT2D eigenvalue weighted by atomic mass is 9.77. The first kappa shape index (κ1) is 24.0. The smallest absolute Gasteiger partial charge is 0.326 e. The minimum atomic E-state index is -1.75. The Hall–Kier alpha value is -1.06. The third-order valence-corrected chi connectivity index (χ3v) is 5.80. The van der Waals surface area contributed by atoms with E-state index in [0.717, 1.165) is 6.42 Å². The molecule has 1 aliphatic carbocycles. The molecular weight excluding hydrogens is 388 g/mol. The summed E-state index contributed by atoms with van der Waals surface area (Å²) in [5, 5.41) is 11.9. The van der Waals surface area contributed by atoms with E-state index in [2.05, 4.69) is 30.6 Å². The second-order valence-corrected chi connectivity index (χ2v) is 8.14. The lowest BCUT2D eigenvalue weighted by Crippen LogP contribution is -2.53. The number of aliphatic carboxylic acids is 1. The maximum Gasteiger partial charge on any atom is 0.326 e. The molecule has 9 heteroatoms. The molecule has 1 amide bonds. The summed E-state index contributed by atoms with van der Waals surface area (Å²) in [6, 6.07) is -1.14. The van der Waals surface area contributed by atoms with Crippen molar-refractivity contribution in [2.45, 2.75) is 69.1 Å². The van der Waals surface area contributed by atoms with Crippen molar-refractivity contribution in [2.24, 2.45) is 11.1 Å². The van der Waals surface area contributed by atoms with Crippen LogP contribution in [0.1, 0.15) is 57.8 Å². The SMILES string of the molecule is NCCCC[C@H](NC(=O)C1(CCC[C@H](S)CCS)C(=O)CCC1=O)C(=O)O. The van der Waals surface area contributed by atoms with Gasteiger partial charge in [0.05, 0.1) is 0 Å². The molecule has 0 bridgehead atoms. The standard InChI is InChI=1S/C18H30N2O5S2/c19-10-2-1-5-13(16(23)24)20-17(25)18(14(21)6-7-15(18)22)9-3-4-12(27)8-11-26/h12-13,26-27H,1-11,19H2,(H,20,25)(H,23,24)/t12-,13-/m0/s1. The molecule has 27 heavy (non-hydrogen) atoms. The van der Waals surface area contributed by atoms with Crippen LogP contribution < -0.4 is 11.1 Å². The fourth-order valence-corrected chi connectivity index (χ4v) is 4.21. The number of Topliss-reactive ketones (excluding diaryl/α,β-unsaturated/α-hetero) is 2. The molecule has 0 aliphatic heterocycles. The fourth-order valence-electron chi connectivity index (χ4n) is 3.38. The number of nitrogens with one attached hydrogen (secondary N) is 1. The van der Waals surface area contributed by atoms with E-state index in [1.165, 1.54) is 0 Å². The van der Waals surface area contributed by atoms with Crippen LogP contribution in [0.2, 0.25) is 0 Å². The number of rotatable bonds is 13. The zero-order valence-electron chi connectivity index (χ0n) is 15.5. The molecule has 154 valence electrons. The Morgan fingerprint density at radius 1 is 1.11 bits per heavy atom. The second-order valence-electron chi connectivity index (χ2n) is 6.96. The Morgan fingerprint density at radius 3 is 2.26 bits per heavy atom. The van der Waals surface area contributed by atoms with Gasteiger partial charge in [-0.2, -0.15) is 25.3 Å². The quantitative estimate of drug-likeness (QED) is 0.175. The van der Waals surface area contributed by atoms with E-state index in [-0.39, 0.29) is 30.9 Å². The van der Waals surface area contributed by atoms with E-state index in [1.54, 1.807) is 0 Å². The first-order valence-electron chi connectivity index (χ1n) is 9.39. The number of ketones is 2. The van der Waals surface area contributed by atoms with Crippen LogP contribution in [0.5, 0.6) is 0 Å². The van der Waals surface area contributed by atoms with Gasteiger partial charge in [0.25, 0.3) is 0 Å². The number of hydrogen-bond acceptors (Lipinski definition) is 7. The fraction of sp³-hybridized carbons (Fsp3) is 0.778. The van der Waals surface area contributed by atoms with Crippen molar-refractivity contribution in [3.8, 4) is 0 Å². The molecule has 0 unspecified atom stereocenters. The summed E-state index contributed by atoms with van der Waals surface area (Å²) < 4.78 is 0. The first-order chi connectivity index (χ1) is 12.8. The molecule has 1 fully saturated rings. The van der Waals surface area contributed by atoms with Crippen molar-refractivity contribution in [1.82, 2.24) is 5.32 Å². The van der Waals surface area contributed by atoms with Crippen molar-refractivity contribution in [2.75, 3.05) is 12.3 Å². The zero-order valence-corrected chi connectivity index (χ0v) is 17.3. The van der Waals surface area contributed by atoms with Crippen LogP contribution in [-0.2, 0) is 19.2 Å². The van der Waals surface area contributed by atoms with Gasteiger partial charge in [-0.15, -0.1) is 0 Å². The highest BCUT2D eigenvalue weighted by atomic mass is 32.1. The highest BCUT2D eigenvalue weighted by Crippen LogP contribution is 2.37. The first-order valence-corrected chi connectivity index (χ1v) is 10.5. The summed E-state index contributed by atoms with van der Waals surface area (Å²) in [4.78, 5) is 49.3. The van der Waals surface area contributed by atoms with Gasteiger partial charge >= 0.3 is 5.97 Å². The molecule has 4 N–H and O–H groups in total. The average molecular weight is 419 g/mol. The maximum absolute atomic E-state index is 12.9. The molecule has 1 aliphatic rings. The Kier molecular flexibility index (Phi) is 10.4. The van der Waals surface area contributed by atoms with Gasteiger partial charge in [0, 0.05) is 18.1 Å². The molecule has 0 aromatic rings. The number of unbranched alkanes of at least 4 members (excludes halogenated alkanes) is 1. The molecule has 1 rings (SSSR count). The summed E-state index contributed by atoms with van der Waals surface area (Å²) in [6.07, 6.45) is 3.44. The summed E-state index contributed by atoms with van der Waals surface area (Å²) >= 11 is 8.59. The van der Waals surface area contributed by atoms with Gasteiger partial charge in [0.2, 0.25) is 5.91 Å². The van der Waals surface area contributed by atoms with Crippen LogP contribution in [0.4, 0.5) is 0 Å². The number of carboxylic acids is 1. The summed E-state index contributed by atoms with van der Waals surface area (Å²) in [5.74, 6) is -2.11. The normalized spacial score (nSPS) is 18.3. The molecule has 0 radical (unpaired) electrons. The Labute approximate surface area is 171 Å². The highest BCUT2D eigenvalue weighted by molar-refractivity contribution is 7.81. The topological polar surface area (TPSA) is 127 Å². The van der Waals surface area contributed by atoms with Crippen molar-refractivity contribution in [3.05, 3.63) is 0 Å². The largest absolute Gasteiger partial charge is 0.480 e. The number of hydrogen-bond donors (Lipinski definition) is 5. The molecular formula is C18H30N2O5S2. The lowest BCUT2D eigenvalue weighted by Gasteiger charge is -2.27. The van der Waals surface area contributed by atoms with E-state index >= 15 is 0 Å². The number of carbonyl (C=O) groups is 4. The monoisotopic (exact) mass is 418 g/mol. The van der Waals surface area contributed by atoms with Crippen molar-refractivity contribution in [1.29, 1.82) is 0 Å². The minimum absolute atomic E-state index is 0.0259. The van der Waals surface area contributed by atoms with Crippen LogP contribution in [0.25, 0.3) is 0 Å². The predicted octanol–water partition coefficient (Wildman–Crippen LogP) is 1.39. The molecule has 0 saturated heterocycles. The minimum Gasteiger partial charge on any atom is -0.480 e. The third-order valence-electron chi connectivity index (χ3n) is 5.02. The molecule has 0 aromatic heterocycles. The Morgan fingerprint density at radius 2 is 1.74 bits per heavy atom. The van der Waals surface area contributed by atoms with Gasteiger partial charge in [-0.25, -0.2) is 4.79 Å². The van der Waals surface area contributed by atoms with Crippen molar-refractivity contribution < 1.29 is 24.3 Å². The maximum atomic E-state index is 12.9. The van der Waals surface area contributed by atoms with Gasteiger partial charge in [-0.05, 0) is 50.8 Å². The molecule has 7 nitrogen and oxygen atoms in total. The van der Waals surface area contributed by atoms with Crippen LogP contribution in [0, 0.1) is 5.41 Å². The summed E-state index contributed by atoms with van der Waals surface area (Å²) in [6.45, 7) is 0.429. The third kappa shape index (κ3) is 6.50. The summed E-state index contributed by atoms with van der Waals surface area (Å²) in [7, 11) is 0. The Balaban J connectivity index is 2.86. The van der Waals surface area contributed by atoms with E-state index in [4.69, 9.17) is 5.73 Å². The zero-order chi connectivity index (χ0) is 20.4. The highest BCUT2D eigenvalue weighted by Gasteiger charge is 2.55. The van der Waals surface area contributed by atoms with Crippen molar-refractivity contribution in [3.63, 3.8) is 0 Å². The number of carboxylic acid groups (broad SMARTS) is 1. The van der Waals surface area contributed by atoms with Crippen LogP contribution in [0.15, 0.2) is 0 Å². The molecule has 1 saturated carbocycles. The summed E-state index contributed by atoms with van der Waals surface area (Å²) in [5.41, 5.74) is 3.66. The van der Waals surface area contributed by atoms with Gasteiger partial charge < -0.3 is 16.2 Å².